The number of aryl methyl sites for hydroxylation is 1. The van der Waals surface area contributed by atoms with Crippen molar-refractivity contribution in [3.63, 3.8) is 0 Å². The number of piperazine rings is 1. The highest BCUT2D eigenvalue weighted by Gasteiger charge is 2.32. The topological polar surface area (TPSA) is 143 Å². The van der Waals surface area contributed by atoms with Gasteiger partial charge in [-0.1, -0.05) is 18.5 Å². The SMILES string of the molecule is CCc1c(N2CCN(C(=O)c3ccnc(OC)c3O)CC2)c(=O)c2ncc(C)nc2n1CC(=O)Nc1ccc(C(F)(F)F)cc1Cl. The summed E-state index contributed by atoms with van der Waals surface area (Å²) in [6.07, 6.45) is -1.49. The molecule has 0 radical (unpaired) electrons. The van der Waals surface area contributed by atoms with Gasteiger partial charge in [0.1, 0.15) is 12.2 Å². The lowest BCUT2D eigenvalue weighted by Crippen LogP contribution is -2.50. The van der Waals surface area contributed by atoms with Crippen molar-refractivity contribution in [1.82, 2.24) is 24.4 Å². The molecule has 0 unspecified atom stereocenters. The smallest absolute Gasteiger partial charge is 0.416 e. The van der Waals surface area contributed by atoms with E-state index in [-0.39, 0.29) is 71.8 Å². The molecule has 5 rings (SSSR count). The van der Waals surface area contributed by atoms with E-state index < -0.39 is 29.0 Å². The Labute approximate surface area is 265 Å². The van der Waals surface area contributed by atoms with Crippen LogP contribution in [0.15, 0.2) is 41.5 Å². The van der Waals surface area contributed by atoms with E-state index in [0.29, 0.717) is 23.5 Å². The zero-order valence-electron chi connectivity index (χ0n) is 25.0. The van der Waals surface area contributed by atoms with Gasteiger partial charge in [0.25, 0.3) is 11.8 Å². The lowest BCUT2D eigenvalue weighted by atomic mass is 10.1. The minimum absolute atomic E-state index is 0.0100. The number of aromatic nitrogens is 4. The van der Waals surface area contributed by atoms with Crippen molar-refractivity contribution >= 4 is 46.0 Å². The van der Waals surface area contributed by atoms with Gasteiger partial charge in [-0.3, -0.25) is 14.4 Å². The molecule has 46 heavy (non-hydrogen) atoms. The van der Waals surface area contributed by atoms with Crippen LogP contribution in [0.2, 0.25) is 5.02 Å². The van der Waals surface area contributed by atoms with Crippen LogP contribution < -0.4 is 20.4 Å². The molecule has 0 spiro atoms. The van der Waals surface area contributed by atoms with Crippen molar-refractivity contribution in [3.8, 4) is 11.6 Å². The first-order valence-electron chi connectivity index (χ1n) is 14.2. The number of fused-ring (bicyclic) bond motifs is 1. The third-order valence-corrected chi connectivity index (χ3v) is 7.88. The third-order valence-electron chi connectivity index (χ3n) is 7.56. The maximum atomic E-state index is 13.9. The molecular formula is C30H29ClF3N7O5. The van der Waals surface area contributed by atoms with Crippen LogP contribution in [0.5, 0.6) is 11.6 Å². The molecular weight excluding hydrogens is 631 g/mol. The van der Waals surface area contributed by atoms with E-state index >= 15 is 0 Å². The lowest BCUT2D eigenvalue weighted by molar-refractivity contribution is -0.137. The normalized spacial score (nSPS) is 13.6. The van der Waals surface area contributed by atoms with Crippen LogP contribution in [0.3, 0.4) is 0 Å². The van der Waals surface area contributed by atoms with Gasteiger partial charge in [0.15, 0.2) is 16.9 Å². The van der Waals surface area contributed by atoms with Crippen LogP contribution in [0, 0.1) is 6.92 Å². The van der Waals surface area contributed by atoms with E-state index in [1.165, 1.54) is 25.6 Å². The number of nitrogens with zero attached hydrogens (tertiary/aromatic N) is 6. The number of rotatable bonds is 7. The zero-order valence-corrected chi connectivity index (χ0v) is 25.7. The Bertz CT molecular complexity index is 1890. The Morgan fingerprint density at radius 1 is 1.13 bits per heavy atom. The number of benzene rings is 1. The molecule has 0 atom stereocenters. The molecule has 16 heteroatoms. The number of ether oxygens (including phenoxy) is 1. The van der Waals surface area contributed by atoms with Gasteiger partial charge in [-0.05, 0) is 37.6 Å². The molecule has 1 aliphatic heterocycles. The average Bonchev–Trinajstić information content (AvgIpc) is 3.02. The second kappa shape index (κ2) is 12.8. The second-order valence-electron chi connectivity index (χ2n) is 10.5. The number of anilines is 2. The number of hydrogen-bond donors (Lipinski definition) is 2. The van der Waals surface area contributed by atoms with Crippen molar-refractivity contribution in [3.05, 3.63) is 74.4 Å². The van der Waals surface area contributed by atoms with Gasteiger partial charge in [-0.25, -0.2) is 15.0 Å². The van der Waals surface area contributed by atoms with Crippen molar-refractivity contribution < 1.29 is 32.6 Å². The summed E-state index contributed by atoms with van der Waals surface area (Å²) >= 11 is 6.06. The van der Waals surface area contributed by atoms with Crippen LogP contribution in [0.1, 0.15) is 34.2 Å². The maximum Gasteiger partial charge on any atom is 0.416 e. The summed E-state index contributed by atoms with van der Waals surface area (Å²) in [4.78, 5) is 56.4. The maximum absolute atomic E-state index is 13.9. The van der Waals surface area contributed by atoms with E-state index in [1.54, 1.807) is 16.4 Å². The Morgan fingerprint density at radius 3 is 2.48 bits per heavy atom. The van der Waals surface area contributed by atoms with Crippen LogP contribution >= 0.6 is 11.6 Å². The number of alkyl halides is 3. The summed E-state index contributed by atoms with van der Waals surface area (Å²) in [5.74, 6) is -1.48. The van der Waals surface area contributed by atoms with E-state index in [1.807, 2.05) is 11.8 Å². The zero-order chi connectivity index (χ0) is 33.3. The highest BCUT2D eigenvalue weighted by molar-refractivity contribution is 6.33. The molecule has 2 amide bonds. The monoisotopic (exact) mass is 659 g/mol. The number of amides is 2. The van der Waals surface area contributed by atoms with Crippen LogP contribution in [-0.2, 0) is 23.9 Å². The Balaban J connectivity index is 1.45. The Hall–Kier alpha value is -4.92. The quantitative estimate of drug-likeness (QED) is 0.301. The van der Waals surface area contributed by atoms with E-state index in [4.69, 9.17) is 16.3 Å². The van der Waals surface area contributed by atoms with E-state index in [2.05, 4.69) is 20.3 Å². The molecule has 4 aromatic rings. The Morgan fingerprint density at radius 2 is 1.85 bits per heavy atom. The van der Waals surface area contributed by atoms with Crippen molar-refractivity contribution in [2.45, 2.75) is 33.0 Å². The number of pyridine rings is 2. The largest absolute Gasteiger partial charge is 0.503 e. The minimum atomic E-state index is -4.60. The molecule has 12 nitrogen and oxygen atoms in total. The van der Waals surface area contributed by atoms with Gasteiger partial charge < -0.3 is 29.5 Å². The molecule has 0 aliphatic carbocycles. The van der Waals surface area contributed by atoms with Crippen molar-refractivity contribution in [2.75, 3.05) is 43.5 Å². The third kappa shape index (κ3) is 6.27. The van der Waals surface area contributed by atoms with Gasteiger partial charge in [0.2, 0.25) is 11.3 Å². The molecule has 1 aromatic carbocycles. The summed E-state index contributed by atoms with van der Waals surface area (Å²) in [5.41, 5.74) is 0.182. The predicted octanol–water partition coefficient (Wildman–Crippen LogP) is 4.04. The first-order valence-corrected chi connectivity index (χ1v) is 14.5. The summed E-state index contributed by atoms with van der Waals surface area (Å²) in [6, 6.07) is 4.02. The highest BCUT2D eigenvalue weighted by Crippen LogP contribution is 2.34. The summed E-state index contributed by atoms with van der Waals surface area (Å²) < 4.78 is 45.9. The van der Waals surface area contributed by atoms with Gasteiger partial charge in [-0.2, -0.15) is 13.2 Å². The van der Waals surface area contributed by atoms with Crippen LogP contribution in [-0.4, -0.2) is 74.6 Å². The molecule has 1 saturated heterocycles. The van der Waals surface area contributed by atoms with Gasteiger partial charge in [0, 0.05) is 44.3 Å². The molecule has 3 aromatic heterocycles. The number of carbonyl (C=O) groups excluding carboxylic acids is 2. The number of halogens is 4. The fourth-order valence-electron chi connectivity index (χ4n) is 5.35. The molecule has 242 valence electrons. The number of hydrogen-bond acceptors (Lipinski definition) is 9. The van der Waals surface area contributed by atoms with Crippen molar-refractivity contribution in [1.29, 1.82) is 0 Å². The first kappa shape index (κ1) is 32.5. The molecule has 2 N–H and O–H groups in total. The van der Waals surface area contributed by atoms with Gasteiger partial charge >= 0.3 is 6.18 Å². The second-order valence-corrected chi connectivity index (χ2v) is 10.9. The number of methoxy groups -OCH3 is 1. The van der Waals surface area contributed by atoms with E-state index in [0.717, 1.165) is 18.2 Å². The van der Waals surface area contributed by atoms with Gasteiger partial charge in [0.05, 0.1) is 34.6 Å². The predicted molar refractivity (Wildman–Crippen MR) is 164 cm³/mol. The number of carbonyl (C=O) groups is 2. The summed E-state index contributed by atoms with van der Waals surface area (Å²) in [5, 5.41) is 12.7. The van der Waals surface area contributed by atoms with Crippen LogP contribution in [0.4, 0.5) is 24.5 Å². The average molecular weight is 660 g/mol. The molecule has 1 aliphatic rings. The van der Waals surface area contributed by atoms with Crippen molar-refractivity contribution in [2.24, 2.45) is 0 Å². The van der Waals surface area contributed by atoms with Crippen LogP contribution in [0.25, 0.3) is 11.2 Å². The Kier molecular flexibility index (Phi) is 9.06. The highest BCUT2D eigenvalue weighted by atomic mass is 35.5. The fraction of sp³-hybridized carbons (Fsp3) is 0.333. The first-order chi connectivity index (χ1) is 21.8. The van der Waals surface area contributed by atoms with E-state index in [9.17, 15) is 32.7 Å². The molecule has 0 saturated carbocycles. The fourth-order valence-corrected chi connectivity index (χ4v) is 5.58. The minimum Gasteiger partial charge on any atom is -0.503 e. The molecule has 4 heterocycles. The molecule has 1 fully saturated rings. The summed E-state index contributed by atoms with van der Waals surface area (Å²) in [7, 11) is 1.33. The standard InChI is InChI=1S/C30H29ClF3N7O5/c1-4-21-24(39-9-11-40(12-10-39)29(45)18-7-8-35-28(46-3)25(18)43)26(44)23-27(37-16(2)14-36-23)41(21)15-22(42)38-20-6-5-17(13-19(20)31)30(32,33)34/h5-8,13-14,43H,4,9-12,15H2,1-3H3,(H,38,42). The molecule has 0 bridgehead atoms. The number of aromatic hydroxyl groups is 1. The number of nitrogens with one attached hydrogen (secondary N) is 1. The lowest BCUT2D eigenvalue weighted by Gasteiger charge is -2.37. The summed E-state index contributed by atoms with van der Waals surface area (Å²) in [6.45, 7) is 4.11. The van der Waals surface area contributed by atoms with Gasteiger partial charge in [-0.15, -0.1) is 0 Å².